The predicted octanol–water partition coefficient (Wildman–Crippen LogP) is 2.32. The summed E-state index contributed by atoms with van der Waals surface area (Å²) in [6.07, 6.45) is 2.88. The number of aryl methyl sites for hydroxylation is 1. The smallest absolute Gasteiger partial charge is 0.276 e. The van der Waals surface area contributed by atoms with E-state index in [-0.39, 0.29) is 11.9 Å². The zero-order valence-corrected chi connectivity index (χ0v) is 11.7. The number of carbonyl (C=O) groups is 1. The molecule has 0 aliphatic heterocycles. The lowest BCUT2D eigenvalue weighted by atomic mass is 10.3. The number of nitrogens with one attached hydrogen (secondary N) is 2. The molecule has 0 aliphatic rings. The molecule has 20 heavy (non-hydrogen) atoms. The molecule has 102 valence electrons. The van der Waals surface area contributed by atoms with Crippen LogP contribution in [0.2, 0.25) is 10.0 Å². The van der Waals surface area contributed by atoms with Gasteiger partial charge in [0, 0.05) is 6.20 Å². The van der Waals surface area contributed by atoms with Gasteiger partial charge in [0.1, 0.15) is 12.0 Å². The Morgan fingerprint density at radius 3 is 2.95 bits per heavy atom. The van der Waals surface area contributed by atoms with E-state index in [1.807, 2.05) is 0 Å². The van der Waals surface area contributed by atoms with Gasteiger partial charge in [0.05, 0.1) is 15.7 Å². The molecule has 0 aromatic carbocycles. The van der Waals surface area contributed by atoms with Gasteiger partial charge in [0.2, 0.25) is 5.95 Å². The number of nitrogens with zero attached hydrogens (tertiary/aromatic N) is 4. The topological polar surface area (TPSA) is 88.0 Å². The van der Waals surface area contributed by atoms with Crippen molar-refractivity contribution in [2.75, 3.05) is 5.32 Å². The van der Waals surface area contributed by atoms with Gasteiger partial charge in [0.15, 0.2) is 5.65 Å². The SMILES string of the molecule is Cc1nc2c(Cl)cc(Cl)cn2c1C(=O)Nc1ncn[nH]1. The monoisotopic (exact) mass is 310 g/mol. The summed E-state index contributed by atoms with van der Waals surface area (Å²) in [5, 5.41) is 9.57. The first-order valence-electron chi connectivity index (χ1n) is 5.56. The number of carbonyl (C=O) groups excluding carboxylic acids is 1. The van der Waals surface area contributed by atoms with Crippen molar-refractivity contribution in [1.29, 1.82) is 0 Å². The van der Waals surface area contributed by atoms with E-state index >= 15 is 0 Å². The molecule has 1 amide bonds. The summed E-state index contributed by atoms with van der Waals surface area (Å²) in [6.45, 7) is 1.71. The number of halogens is 2. The zero-order valence-electron chi connectivity index (χ0n) is 10.2. The van der Waals surface area contributed by atoms with Crippen LogP contribution in [0.3, 0.4) is 0 Å². The summed E-state index contributed by atoms with van der Waals surface area (Å²) < 4.78 is 1.55. The Bertz CT molecular complexity index is 795. The molecule has 0 aliphatic carbocycles. The van der Waals surface area contributed by atoms with Crippen molar-refractivity contribution in [2.24, 2.45) is 0 Å². The molecule has 9 heteroatoms. The van der Waals surface area contributed by atoms with Crippen LogP contribution in [0.4, 0.5) is 5.95 Å². The lowest BCUT2D eigenvalue weighted by molar-refractivity contribution is 0.102. The van der Waals surface area contributed by atoms with Gasteiger partial charge in [-0.2, -0.15) is 10.1 Å². The molecule has 0 spiro atoms. The maximum Gasteiger partial charge on any atom is 0.276 e. The van der Waals surface area contributed by atoms with Crippen LogP contribution in [-0.2, 0) is 0 Å². The predicted molar refractivity (Wildman–Crippen MR) is 74.3 cm³/mol. The first kappa shape index (κ1) is 12.9. The highest BCUT2D eigenvalue weighted by atomic mass is 35.5. The molecular weight excluding hydrogens is 303 g/mol. The van der Waals surface area contributed by atoms with E-state index in [1.54, 1.807) is 23.6 Å². The fourth-order valence-corrected chi connectivity index (χ4v) is 2.41. The number of rotatable bonds is 2. The summed E-state index contributed by atoms with van der Waals surface area (Å²) in [6, 6.07) is 1.57. The van der Waals surface area contributed by atoms with Gasteiger partial charge in [0.25, 0.3) is 5.91 Å². The van der Waals surface area contributed by atoms with Crippen molar-refractivity contribution in [3.8, 4) is 0 Å². The number of anilines is 1. The lowest BCUT2D eigenvalue weighted by Gasteiger charge is -2.04. The van der Waals surface area contributed by atoms with Crippen LogP contribution in [0.1, 0.15) is 16.2 Å². The summed E-state index contributed by atoms with van der Waals surface area (Å²) in [5.41, 5.74) is 1.34. The fraction of sp³-hybridized carbons (Fsp3) is 0.0909. The van der Waals surface area contributed by atoms with Crippen molar-refractivity contribution in [3.05, 3.63) is 40.0 Å². The van der Waals surface area contributed by atoms with E-state index in [0.717, 1.165) is 0 Å². The molecule has 3 aromatic rings. The minimum atomic E-state index is -0.384. The molecule has 0 bridgehead atoms. The van der Waals surface area contributed by atoms with Crippen LogP contribution in [0.25, 0.3) is 5.65 Å². The number of aromatic nitrogens is 5. The van der Waals surface area contributed by atoms with Crippen molar-refractivity contribution in [3.63, 3.8) is 0 Å². The highest BCUT2D eigenvalue weighted by molar-refractivity contribution is 6.36. The average molecular weight is 311 g/mol. The molecule has 2 N–H and O–H groups in total. The summed E-state index contributed by atoms with van der Waals surface area (Å²) in [5.74, 6) is -0.137. The normalized spacial score (nSPS) is 10.9. The van der Waals surface area contributed by atoms with Gasteiger partial charge in [-0.3, -0.25) is 14.5 Å². The summed E-state index contributed by atoms with van der Waals surface area (Å²) in [4.78, 5) is 20.4. The number of hydrogen-bond donors (Lipinski definition) is 2. The lowest BCUT2D eigenvalue weighted by Crippen LogP contribution is -2.16. The molecule has 3 rings (SSSR count). The van der Waals surface area contributed by atoms with Crippen LogP contribution < -0.4 is 5.32 Å². The van der Waals surface area contributed by atoms with Crippen molar-refractivity contribution in [1.82, 2.24) is 24.6 Å². The quantitative estimate of drug-likeness (QED) is 0.760. The van der Waals surface area contributed by atoms with Crippen molar-refractivity contribution in [2.45, 2.75) is 6.92 Å². The first-order valence-corrected chi connectivity index (χ1v) is 6.32. The maximum absolute atomic E-state index is 12.3. The standard InChI is InChI=1S/C11H8Cl2N6O/c1-5-8(10(20)17-11-14-4-15-18-11)19-3-6(12)2-7(13)9(19)16-5/h2-4H,1H3,(H2,14,15,17,18,20). The van der Waals surface area contributed by atoms with Crippen LogP contribution in [0.5, 0.6) is 0 Å². The second-order valence-electron chi connectivity index (χ2n) is 4.03. The van der Waals surface area contributed by atoms with Gasteiger partial charge in [-0.05, 0) is 13.0 Å². The van der Waals surface area contributed by atoms with Crippen LogP contribution >= 0.6 is 23.2 Å². The maximum atomic E-state index is 12.3. The molecule has 0 atom stereocenters. The van der Waals surface area contributed by atoms with Gasteiger partial charge < -0.3 is 0 Å². The second kappa shape index (κ2) is 4.77. The second-order valence-corrected chi connectivity index (χ2v) is 4.88. The zero-order chi connectivity index (χ0) is 14.3. The van der Waals surface area contributed by atoms with Gasteiger partial charge >= 0.3 is 0 Å². The molecule has 3 heterocycles. The van der Waals surface area contributed by atoms with Crippen LogP contribution in [0.15, 0.2) is 18.6 Å². The Labute approximate surface area is 122 Å². The van der Waals surface area contributed by atoms with E-state index in [9.17, 15) is 4.79 Å². The highest BCUT2D eigenvalue weighted by Gasteiger charge is 2.19. The van der Waals surface area contributed by atoms with Gasteiger partial charge in [-0.15, -0.1) is 0 Å². The highest BCUT2D eigenvalue weighted by Crippen LogP contribution is 2.24. The first-order chi connectivity index (χ1) is 9.56. The number of H-pyrrole nitrogens is 1. The minimum absolute atomic E-state index is 0.248. The van der Waals surface area contributed by atoms with Crippen LogP contribution in [-0.4, -0.2) is 30.5 Å². The van der Waals surface area contributed by atoms with E-state index in [2.05, 4.69) is 25.5 Å². The Balaban J connectivity index is 2.11. The Hall–Kier alpha value is -2.12. The van der Waals surface area contributed by atoms with E-state index in [1.165, 1.54) is 6.33 Å². The van der Waals surface area contributed by atoms with Crippen molar-refractivity contribution < 1.29 is 4.79 Å². The third-order valence-electron chi connectivity index (χ3n) is 2.68. The third-order valence-corrected chi connectivity index (χ3v) is 3.16. The number of imidazole rings is 1. The summed E-state index contributed by atoms with van der Waals surface area (Å²) in [7, 11) is 0. The molecule has 0 saturated carbocycles. The average Bonchev–Trinajstić information content (AvgIpc) is 2.96. The molecule has 0 fully saturated rings. The van der Waals surface area contributed by atoms with E-state index in [0.29, 0.717) is 27.1 Å². The largest absolute Gasteiger partial charge is 0.292 e. The van der Waals surface area contributed by atoms with E-state index < -0.39 is 0 Å². The molecule has 7 nitrogen and oxygen atoms in total. The molecular formula is C11H8Cl2N6O. The van der Waals surface area contributed by atoms with E-state index in [4.69, 9.17) is 23.2 Å². The minimum Gasteiger partial charge on any atom is -0.292 e. The Morgan fingerprint density at radius 1 is 1.45 bits per heavy atom. The molecule has 0 saturated heterocycles. The Kier molecular flexibility index (Phi) is 3.07. The molecule has 0 unspecified atom stereocenters. The number of pyridine rings is 1. The van der Waals surface area contributed by atoms with Gasteiger partial charge in [-0.1, -0.05) is 23.2 Å². The third kappa shape index (κ3) is 2.10. The van der Waals surface area contributed by atoms with Crippen molar-refractivity contribution >= 4 is 40.7 Å². The number of amides is 1. The van der Waals surface area contributed by atoms with Gasteiger partial charge in [-0.25, -0.2) is 10.1 Å². The Morgan fingerprint density at radius 2 is 2.25 bits per heavy atom. The molecule has 0 radical (unpaired) electrons. The van der Waals surface area contributed by atoms with Crippen LogP contribution in [0, 0.1) is 6.92 Å². The number of hydrogen-bond acceptors (Lipinski definition) is 4. The fourth-order valence-electron chi connectivity index (χ4n) is 1.89. The molecule has 3 aromatic heterocycles. The summed E-state index contributed by atoms with van der Waals surface area (Å²) >= 11 is 12.0. The number of aromatic amines is 1. The number of fused-ring (bicyclic) bond motifs is 1.